The zero-order valence-corrected chi connectivity index (χ0v) is 16.6. The van der Waals surface area contributed by atoms with Crippen molar-refractivity contribution in [1.82, 2.24) is 14.7 Å². The van der Waals surface area contributed by atoms with E-state index in [2.05, 4.69) is 25.7 Å². The highest BCUT2D eigenvalue weighted by Crippen LogP contribution is 2.11. The monoisotopic (exact) mass is 347 g/mol. The Morgan fingerprint density at radius 3 is 1.96 bits per heavy atom. The Morgan fingerprint density at radius 2 is 1.52 bits per heavy atom. The summed E-state index contributed by atoms with van der Waals surface area (Å²) in [5.74, 6) is -0.142. The topological polar surface area (TPSA) is 43.9 Å². The predicted molar refractivity (Wildman–Crippen MR) is 103 cm³/mol. The third-order valence-electron chi connectivity index (χ3n) is 4.56. The highest BCUT2D eigenvalue weighted by molar-refractivity contribution is 5.96. The Morgan fingerprint density at radius 1 is 0.960 bits per heavy atom. The molecule has 0 saturated carbocycles. The molecular formula is C20H33N3O2. The van der Waals surface area contributed by atoms with E-state index in [9.17, 15) is 9.59 Å². The van der Waals surface area contributed by atoms with Crippen molar-refractivity contribution in [2.45, 2.75) is 47.2 Å². The van der Waals surface area contributed by atoms with Gasteiger partial charge in [0, 0.05) is 38.3 Å². The molecule has 5 nitrogen and oxygen atoms in total. The van der Waals surface area contributed by atoms with Crippen molar-refractivity contribution in [3.05, 3.63) is 35.4 Å². The molecule has 0 atom stereocenters. The second-order valence-corrected chi connectivity index (χ2v) is 6.58. The van der Waals surface area contributed by atoms with Gasteiger partial charge in [-0.15, -0.1) is 0 Å². The van der Waals surface area contributed by atoms with E-state index >= 15 is 0 Å². The Bertz CT molecular complexity index is 551. The fraction of sp³-hybridized carbons (Fsp3) is 0.600. The Labute approximate surface area is 152 Å². The van der Waals surface area contributed by atoms with E-state index in [-0.39, 0.29) is 18.4 Å². The molecule has 0 N–H and O–H groups in total. The van der Waals surface area contributed by atoms with E-state index in [0.717, 1.165) is 13.1 Å². The molecule has 0 fully saturated rings. The molecule has 0 aromatic heterocycles. The van der Waals surface area contributed by atoms with Crippen LogP contribution in [0.5, 0.6) is 0 Å². The van der Waals surface area contributed by atoms with Gasteiger partial charge in [-0.1, -0.05) is 19.1 Å². The molecule has 5 heteroatoms. The van der Waals surface area contributed by atoms with Crippen LogP contribution in [0.3, 0.4) is 0 Å². The number of likely N-dealkylation sites (N-methyl/N-ethyl adjacent to an activating group) is 2. The first kappa shape index (κ1) is 21.2. The SMILES string of the molecule is CCN(CC)C(=O)CN(C)C(=O)c1ccc(CN(CC)C(C)C)cc1. The first-order valence-corrected chi connectivity index (χ1v) is 9.20. The molecule has 25 heavy (non-hydrogen) atoms. The number of nitrogens with zero attached hydrogens (tertiary/aromatic N) is 3. The minimum atomic E-state index is -0.122. The molecular weight excluding hydrogens is 314 g/mol. The van der Waals surface area contributed by atoms with Gasteiger partial charge in [0.2, 0.25) is 5.91 Å². The first-order valence-electron chi connectivity index (χ1n) is 9.20. The zero-order chi connectivity index (χ0) is 19.0. The maximum absolute atomic E-state index is 12.5. The van der Waals surface area contributed by atoms with Crippen molar-refractivity contribution in [3.8, 4) is 0 Å². The van der Waals surface area contributed by atoms with Crippen LogP contribution in [-0.4, -0.2) is 65.8 Å². The molecule has 2 amide bonds. The van der Waals surface area contributed by atoms with Crippen molar-refractivity contribution in [3.63, 3.8) is 0 Å². The van der Waals surface area contributed by atoms with Crippen LogP contribution >= 0.6 is 0 Å². The van der Waals surface area contributed by atoms with Crippen LogP contribution in [0.1, 0.15) is 50.5 Å². The molecule has 0 aliphatic rings. The molecule has 140 valence electrons. The summed E-state index contributed by atoms with van der Waals surface area (Å²) in [4.78, 5) is 30.3. The number of rotatable bonds is 9. The Kier molecular flexibility index (Phi) is 8.62. The second-order valence-electron chi connectivity index (χ2n) is 6.58. The number of benzene rings is 1. The smallest absolute Gasteiger partial charge is 0.254 e. The number of hydrogen-bond donors (Lipinski definition) is 0. The average molecular weight is 348 g/mol. The number of hydrogen-bond acceptors (Lipinski definition) is 3. The second kappa shape index (κ2) is 10.2. The summed E-state index contributed by atoms with van der Waals surface area (Å²) in [5.41, 5.74) is 1.81. The quantitative estimate of drug-likeness (QED) is 0.690. The van der Waals surface area contributed by atoms with Gasteiger partial charge in [0.25, 0.3) is 5.91 Å². The third kappa shape index (κ3) is 6.16. The van der Waals surface area contributed by atoms with Crippen LogP contribution in [0.25, 0.3) is 0 Å². The van der Waals surface area contributed by atoms with Gasteiger partial charge >= 0.3 is 0 Å². The maximum atomic E-state index is 12.5. The molecule has 0 spiro atoms. The molecule has 0 unspecified atom stereocenters. The average Bonchev–Trinajstić information content (AvgIpc) is 2.60. The van der Waals surface area contributed by atoms with Gasteiger partial charge < -0.3 is 9.80 Å². The van der Waals surface area contributed by atoms with E-state index in [1.807, 2.05) is 38.1 Å². The van der Waals surface area contributed by atoms with Gasteiger partial charge in [0.1, 0.15) is 0 Å². The molecule has 0 aliphatic carbocycles. The van der Waals surface area contributed by atoms with Gasteiger partial charge in [-0.05, 0) is 51.9 Å². The van der Waals surface area contributed by atoms with Crippen LogP contribution < -0.4 is 0 Å². The summed E-state index contributed by atoms with van der Waals surface area (Å²) in [6.07, 6.45) is 0. The lowest BCUT2D eigenvalue weighted by atomic mass is 10.1. The minimum Gasteiger partial charge on any atom is -0.342 e. The summed E-state index contributed by atoms with van der Waals surface area (Å²) >= 11 is 0. The standard InChI is InChI=1S/C20H33N3O2/c1-7-22(8-2)19(24)15-21(6)20(25)18-12-10-17(11-13-18)14-23(9-3)16(4)5/h10-13,16H,7-9,14-15H2,1-6H3. The van der Waals surface area contributed by atoms with Crippen LogP contribution in [0.4, 0.5) is 0 Å². The van der Waals surface area contributed by atoms with E-state index in [1.165, 1.54) is 10.5 Å². The molecule has 0 radical (unpaired) electrons. The van der Waals surface area contributed by atoms with Crippen molar-refractivity contribution in [2.24, 2.45) is 0 Å². The fourth-order valence-corrected chi connectivity index (χ4v) is 2.82. The summed E-state index contributed by atoms with van der Waals surface area (Å²) in [7, 11) is 1.68. The molecule has 0 aliphatic heterocycles. The molecule has 0 heterocycles. The molecule has 1 rings (SSSR count). The van der Waals surface area contributed by atoms with Crippen LogP contribution in [-0.2, 0) is 11.3 Å². The van der Waals surface area contributed by atoms with Crippen molar-refractivity contribution in [1.29, 1.82) is 0 Å². The molecule has 0 saturated heterocycles. The minimum absolute atomic E-state index is 0.0204. The third-order valence-corrected chi connectivity index (χ3v) is 4.56. The van der Waals surface area contributed by atoms with E-state index < -0.39 is 0 Å². The first-order chi connectivity index (χ1) is 11.8. The lowest BCUT2D eigenvalue weighted by molar-refractivity contribution is -0.131. The largest absolute Gasteiger partial charge is 0.342 e. The Hall–Kier alpha value is -1.88. The van der Waals surface area contributed by atoms with Gasteiger partial charge in [0.15, 0.2) is 0 Å². The van der Waals surface area contributed by atoms with Gasteiger partial charge in [-0.25, -0.2) is 0 Å². The van der Waals surface area contributed by atoms with E-state index in [1.54, 1.807) is 11.9 Å². The van der Waals surface area contributed by atoms with Crippen molar-refractivity contribution < 1.29 is 9.59 Å². The van der Waals surface area contributed by atoms with Crippen LogP contribution in [0, 0.1) is 0 Å². The van der Waals surface area contributed by atoms with Crippen LogP contribution in [0.2, 0.25) is 0 Å². The fourth-order valence-electron chi connectivity index (χ4n) is 2.82. The van der Waals surface area contributed by atoms with Crippen molar-refractivity contribution >= 4 is 11.8 Å². The van der Waals surface area contributed by atoms with E-state index in [4.69, 9.17) is 0 Å². The number of carbonyl (C=O) groups excluding carboxylic acids is 2. The summed E-state index contributed by atoms with van der Waals surface area (Å²) in [5, 5.41) is 0. The molecule has 1 aromatic carbocycles. The van der Waals surface area contributed by atoms with Crippen LogP contribution in [0.15, 0.2) is 24.3 Å². The summed E-state index contributed by atoms with van der Waals surface area (Å²) < 4.78 is 0. The normalized spacial score (nSPS) is 11.0. The van der Waals surface area contributed by atoms with Gasteiger partial charge in [-0.3, -0.25) is 14.5 Å². The number of carbonyl (C=O) groups is 2. The van der Waals surface area contributed by atoms with Gasteiger partial charge in [0.05, 0.1) is 6.54 Å². The Balaban J connectivity index is 2.71. The summed E-state index contributed by atoms with van der Waals surface area (Å²) in [6, 6.07) is 8.19. The molecule has 0 bridgehead atoms. The maximum Gasteiger partial charge on any atom is 0.254 e. The predicted octanol–water partition coefficient (Wildman–Crippen LogP) is 2.86. The lowest BCUT2D eigenvalue weighted by Gasteiger charge is -2.25. The lowest BCUT2D eigenvalue weighted by Crippen LogP contribution is -2.41. The summed E-state index contributed by atoms with van der Waals surface area (Å²) in [6.45, 7) is 13.7. The zero-order valence-electron chi connectivity index (χ0n) is 16.6. The van der Waals surface area contributed by atoms with Gasteiger partial charge in [-0.2, -0.15) is 0 Å². The molecule has 1 aromatic rings. The van der Waals surface area contributed by atoms with E-state index in [0.29, 0.717) is 24.7 Å². The highest BCUT2D eigenvalue weighted by atomic mass is 16.2. The van der Waals surface area contributed by atoms with Crippen molar-refractivity contribution in [2.75, 3.05) is 33.2 Å². The highest BCUT2D eigenvalue weighted by Gasteiger charge is 2.18. The number of amides is 2.